The molecular formula is C22H24BrN3O4. The maximum absolute atomic E-state index is 5.40. The lowest BCUT2D eigenvalue weighted by Crippen LogP contribution is -2.24. The summed E-state index contributed by atoms with van der Waals surface area (Å²) in [7, 11) is 6.43. The smallest absolute Gasteiger partial charge is 0.236 e. The van der Waals surface area contributed by atoms with Crippen molar-refractivity contribution < 1.29 is 18.9 Å². The lowest BCUT2D eigenvalue weighted by Gasteiger charge is -2.24. The molecule has 8 heteroatoms. The van der Waals surface area contributed by atoms with Crippen LogP contribution in [0.1, 0.15) is 11.1 Å². The minimum Gasteiger partial charge on any atom is -0.497 e. The minimum absolute atomic E-state index is 0.409. The number of nitrogens with zero attached hydrogens (tertiary/aromatic N) is 3. The van der Waals surface area contributed by atoms with Crippen LogP contribution in [-0.2, 0) is 13.1 Å². The van der Waals surface area contributed by atoms with E-state index < -0.39 is 0 Å². The van der Waals surface area contributed by atoms with Crippen LogP contribution in [0.15, 0.2) is 53.0 Å². The Bertz CT molecular complexity index is 891. The van der Waals surface area contributed by atoms with Gasteiger partial charge in [-0.3, -0.25) is 0 Å². The van der Waals surface area contributed by atoms with E-state index in [1.807, 2.05) is 48.5 Å². The number of benzene rings is 2. The van der Waals surface area contributed by atoms with E-state index >= 15 is 0 Å². The molecule has 3 aromatic rings. The van der Waals surface area contributed by atoms with Crippen molar-refractivity contribution in [1.29, 1.82) is 0 Å². The van der Waals surface area contributed by atoms with Gasteiger partial charge in [0.1, 0.15) is 16.0 Å². The molecule has 0 fully saturated rings. The van der Waals surface area contributed by atoms with Gasteiger partial charge in [-0.1, -0.05) is 24.3 Å². The molecule has 0 unspecified atom stereocenters. The first-order chi connectivity index (χ1) is 14.6. The van der Waals surface area contributed by atoms with E-state index in [4.69, 9.17) is 18.9 Å². The van der Waals surface area contributed by atoms with E-state index in [1.54, 1.807) is 28.4 Å². The van der Waals surface area contributed by atoms with E-state index in [0.29, 0.717) is 35.3 Å². The molecule has 0 aliphatic heterocycles. The van der Waals surface area contributed by atoms with Gasteiger partial charge in [0.15, 0.2) is 0 Å². The Morgan fingerprint density at radius 2 is 1.07 bits per heavy atom. The summed E-state index contributed by atoms with van der Waals surface area (Å²) in [5, 5.41) is 0. The second kappa shape index (κ2) is 10.2. The van der Waals surface area contributed by atoms with Crippen LogP contribution in [-0.4, -0.2) is 38.4 Å². The summed E-state index contributed by atoms with van der Waals surface area (Å²) in [6, 6.07) is 15.8. The predicted molar refractivity (Wildman–Crippen MR) is 119 cm³/mol. The van der Waals surface area contributed by atoms with Crippen LogP contribution in [0.4, 0.5) is 5.95 Å². The average molecular weight is 474 g/mol. The number of ether oxygens (including phenoxy) is 4. The largest absolute Gasteiger partial charge is 0.497 e. The fourth-order valence-electron chi connectivity index (χ4n) is 2.91. The molecule has 0 aliphatic rings. The van der Waals surface area contributed by atoms with Gasteiger partial charge in [0, 0.05) is 13.1 Å². The van der Waals surface area contributed by atoms with Gasteiger partial charge in [0.25, 0.3) is 0 Å². The summed E-state index contributed by atoms with van der Waals surface area (Å²) < 4.78 is 21.9. The zero-order valence-corrected chi connectivity index (χ0v) is 19.0. The summed E-state index contributed by atoms with van der Waals surface area (Å²) in [4.78, 5) is 11.2. The van der Waals surface area contributed by atoms with E-state index in [9.17, 15) is 0 Å². The molecule has 1 heterocycles. The minimum atomic E-state index is 0.409. The SMILES string of the molecule is COc1ccc(CN(Cc2ccc(OC)cc2)c2nc(OC)c(Br)c(OC)n2)cc1. The molecule has 0 saturated heterocycles. The number of hydrogen-bond donors (Lipinski definition) is 0. The molecule has 30 heavy (non-hydrogen) atoms. The highest BCUT2D eigenvalue weighted by atomic mass is 79.9. The molecule has 0 N–H and O–H groups in total. The van der Waals surface area contributed by atoms with Crippen molar-refractivity contribution >= 4 is 21.9 Å². The molecule has 7 nitrogen and oxygen atoms in total. The molecule has 2 aromatic carbocycles. The van der Waals surface area contributed by atoms with Crippen LogP contribution in [0.5, 0.6) is 23.3 Å². The zero-order valence-electron chi connectivity index (χ0n) is 17.4. The van der Waals surface area contributed by atoms with Crippen LogP contribution in [0.3, 0.4) is 0 Å². The van der Waals surface area contributed by atoms with Crippen molar-refractivity contribution in [2.45, 2.75) is 13.1 Å². The molecular weight excluding hydrogens is 450 g/mol. The van der Waals surface area contributed by atoms with Crippen molar-refractivity contribution in [2.75, 3.05) is 33.3 Å². The van der Waals surface area contributed by atoms with Crippen LogP contribution in [0.2, 0.25) is 0 Å². The highest BCUT2D eigenvalue weighted by Crippen LogP contribution is 2.33. The maximum atomic E-state index is 5.40. The topological polar surface area (TPSA) is 65.9 Å². The van der Waals surface area contributed by atoms with Crippen molar-refractivity contribution in [3.8, 4) is 23.3 Å². The van der Waals surface area contributed by atoms with Gasteiger partial charge in [-0.25, -0.2) is 0 Å². The molecule has 0 bridgehead atoms. The Morgan fingerprint density at radius 1 is 0.667 bits per heavy atom. The summed E-state index contributed by atoms with van der Waals surface area (Å²) in [6.45, 7) is 1.17. The normalized spacial score (nSPS) is 10.4. The van der Waals surface area contributed by atoms with Crippen molar-refractivity contribution in [3.05, 3.63) is 64.1 Å². The number of aromatic nitrogens is 2. The average Bonchev–Trinajstić information content (AvgIpc) is 2.79. The Labute approximate surface area is 184 Å². The van der Waals surface area contributed by atoms with Gasteiger partial charge >= 0.3 is 0 Å². The fourth-order valence-corrected chi connectivity index (χ4v) is 3.41. The van der Waals surface area contributed by atoms with Crippen LogP contribution < -0.4 is 23.8 Å². The Balaban J connectivity index is 1.97. The maximum Gasteiger partial charge on any atom is 0.236 e. The quantitative estimate of drug-likeness (QED) is 0.453. The van der Waals surface area contributed by atoms with Crippen molar-refractivity contribution in [1.82, 2.24) is 9.97 Å². The van der Waals surface area contributed by atoms with Crippen molar-refractivity contribution in [2.24, 2.45) is 0 Å². The van der Waals surface area contributed by atoms with E-state index in [0.717, 1.165) is 22.6 Å². The van der Waals surface area contributed by atoms with Crippen molar-refractivity contribution in [3.63, 3.8) is 0 Å². The zero-order chi connectivity index (χ0) is 21.5. The molecule has 0 atom stereocenters. The van der Waals surface area contributed by atoms with Crippen LogP contribution >= 0.6 is 15.9 Å². The lowest BCUT2D eigenvalue weighted by atomic mass is 10.1. The number of hydrogen-bond acceptors (Lipinski definition) is 7. The first kappa shape index (κ1) is 21.7. The molecule has 0 spiro atoms. The van der Waals surface area contributed by atoms with E-state index in [1.165, 1.54) is 0 Å². The summed E-state index contributed by atoms with van der Waals surface area (Å²) in [6.07, 6.45) is 0. The van der Waals surface area contributed by atoms with Gasteiger partial charge in [0.2, 0.25) is 17.7 Å². The molecule has 0 aliphatic carbocycles. The number of halogens is 1. The van der Waals surface area contributed by atoms with Gasteiger partial charge < -0.3 is 23.8 Å². The van der Waals surface area contributed by atoms with E-state index in [2.05, 4.69) is 30.8 Å². The predicted octanol–water partition coefficient (Wildman–Crippen LogP) is 4.48. The monoisotopic (exact) mass is 473 g/mol. The molecule has 0 saturated carbocycles. The van der Waals surface area contributed by atoms with Crippen LogP contribution in [0, 0.1) is 0 Å². The second-order valence-electron chi connectivity index (χ2n) is 6.41. The highest BCUT2D eigenvalue weighted by Gasteiger charge is 2.19. The summed E-state index contributed by atoms with van der Waals surface area (Å²) in [5.74, 6) is 2.93. The summed E-state index contributed by atoms with van der Waals surface area (Å²) in [5.41, 5.74) is 2.18. The second-order valence-corrected chi connectivity index (χ2v) is 7.20. The highest BCUT2D eigenvalue weighted by molar-refractivity contribution is 9.10. The van der Waals surface area contributed by atoms with Gasteiger partial charge in [0.05, 0.1) is 28.4 Å². The Kier molecular flexibility index (Phi) is 7.35. The third-order valence-electron chi connectivity index (χ3n) is 4.51. The number of anilines is 1. The van der Waals surface area contributed by atoms with Crippen LogP contribution in [0.25, 0.3) is 0 Å². The first-order valence-electron chi connectivity index (χ1n) is 9.24. The molecule has 0 radical (unpaired) electrons. The summed E-state index contributed by atoms with van der Waals surface area (Å²) >= 11 is 3.43. The van der Waals surface area contributed by atoms with Gasteiger partial charge in [-0.05, 0) is 51.3 Å². The van der Waals surface area contributed by atoms with E-state index in [-0.39, 0.29) is 0 Å². The fraction of sp³-hybridized carbons (Fsp3) is 0.273. The standard InChI is InChI=1S/C22H24BrN3O4/c1-27-17-9-5-15(6-10-17)13-26(14-16-7-11-18(28-2)12-8-16)22-24-20(29-3)19(23)21(25-22)30-4/h5-12H,13-14H2,1-4H3. The Morgan fingerprint density at radius 3 is 1.40 bits per heavy atom. The van der Waals surface area contributed by atoms with Gasteiger partial charge in [-0.2, -0.15) is 9.97 Å². The number of methoxy groups -OCH3 is 4. The third kappa shape index (κ3) is 5.13. The third-order valence-corrected chi connectivity index (χ3v) is 5.19. The first-order valence-corrected chi connectivity index (χ1v) is 10.0. The van der Waals surface area contributed by atoms with Gasteiger partial charge in [-0.15, -0.1) is 0 Å². The molecule has 158 valence electrons. The lowest BCUT2D eigenvalue weighted by molar-refractivity contribution is 0.366. The number of rotatable bonds is 9. The molecule has 1 aromatic heterocycles. The Hall–Kier alpha value is -3.00. The molecule has 0 amide bonds. The molecule has 3 rings (SSSR count).